The molecule has 2 heterocycles. The highest BCUT2D eigenvalue weighted by Gasteiger charge is 2.14. The number of pyridine rings is 2. The van der Waals surface area contributed by atoms with E-state index < -0.39 is 5.82 Å². The number of amides is 1. The van der Waals surface area contributed by atoms with E-state index in [1.165, 1.54) is 30.0 Å². The van der Waals surface area contributed by atoms with Crippen molar-refractivity contribution < 1.29 is 9.18 Å². The average Bonchev–Trinajstić information content (AvgIpc) is 2.64. The highest BCUT2D eigenvalue weighted by molar-refractivity contribution is 7.98. The molecule has 1 aromatic carbocycles. The van der Waals surface area contributed by atoms with E-state index in [2.05, 4.69) is 15.3 Å². The molecule has 3 aromatic rings. The van der Waals surface area contributed by atoms with E-state index in [4.69, 9.17) is 11.6 Å². The van der Waals surface area contributed by atoms with Crippen molar-refractivity contribution in [1.29, 1.82) is 0 Å². The van der Waals surface area contributed by atoms with Crippen LogP contribution in [0.1, 0.15) is 15.9 Å². The van der Waals surface area contributed by atoms with Crippen LogP contribution in [-0.2, 0) is 5.75 Å². The first kappa shape index (κ1) is 17.4. The molecule has 0 fully saturated rings. The molecule has 0 saturated carbocycles. The Morgan fingerprint density at radius 1 is 1.16 bits per heavy atom. The summed E-state index contributed by atoms with van der Waals surface area (Å²) in [6.45, 7) is 0. The van der Waals surface area contributed by atoms with Gasteiger partial charge in [-0.15, -0.1) is 11.8 Å². The zero-order valence-corrected chi connectivity index (χ0v) is 14.5. The Morgan fingerprint density at radius 3 is 2.72 bits per heavy atom. The highest BCUT2D eigenvalue weighted by Crippen LogP contribution is 2.25. The van der Waals surface area contributed by atoms with Gasteiger partial charge in [0.1, 0.15) is 10.8 Å². The molecule has 0 saturated heterocycles. The van der Waals surface area contributed by atoms with Crippen LogP contribution in [0.2, 0.25) is 5.02 Å². The van der Waals surface area contributed by atoms with Crippen molar-refractivity contribution in [2.45, 2.75) is 10.8 Å². The third kappa shape index (κ3) is 4.55. The van der Waals surface area contributed by atoms with E-state index in [9.17, 15) is 9.18 Å². The number of thioether (sulfide) groups is 1. The second-order valence-corrected chi connectivity index (χ2v) is 6.45. The van der Waals surface area contributed by atoms with Gasteiger partial charge in [-0.05, 0) is 48.0 Å². The molecule has 126 valence electrons. The molecule has 1 amide bonds. The molecule has 0 aliphatic heterocycles. The molecule has 0 radical (unpaired) electrons. The van der Waals surface area contributed by atoms with E-state index in [0.717, 1.165) is 5.56 Å². The van der Waals surface area contributed by atoms with Crippen molar-refractivity contribution in [3.8, 4) is 0 Å². The minimum atomic E-state index is -0.533. The lowest BCUT2D eigenvalue weighted by molar-refractivity contribution is 0.102. The summed E-state index contributed by atoms with van der Waals surface area (Å²) >= 11 is 7.20. The number of nitrogens with one attached hydrogen (secondary N) is 1. The normalized spacial score (nSPS) is 10.5. The van der Waals surface area contributed by atoms with E-state index in [-0.39, 0.29) is 10.9 Å². The molecule has 0 aliphatic carbocycles. The molecule has 2 aromatic heterocycles. The number of carbonyl (C=O) groups is 1. The molecule has 4 nitrogen and oxygen atoms in total. The van der Waals surface area contributed by atoms with Gasteiger partial charge in [0.15, 0.2) is 0 Å². The summed E-state index contributed by atoms with van der Waals surface area (Å²) in [7, 11) is 0. The number of anilines is 1. The average molecular weight is 374 g/mol. The molecule has 3 rings (SSSR count). The minimum absolute atomic E-state index is 0.0451. The Balaban J connectivity index is 1.75. The van der Waals surface area contributed by atoms with Gasteiger partial charge in [0, 0.05) is 30.0 Å². The first-order chi connectivity index (χ1) is 12.1. The Hall–Kier alpha value is -2.44. The number of aromatic nitrogens is 2. The smallest absolute Gasteiger partial charge is 0.258 e. The summed E-state index contributed by atoms with van der Waals surface area (Å²) < 4.78 is 13.2. The fourth-order valence-corrected chi connectivity index (χ4v) is 3.21. The SMILES string of the molecule is O=C(Nc1ccc(F)c(Cl)c1)c1cccnc1SCc1ccncc1. The Bertz CT molecular complexity index is 892. The predicted molar refractivity (Wildman–Crippen MR) is 97.4 cm³/mol. The maximum absolute atomic E-state index is 13.2. The number of rotatable bonds is 5. The molecule has 0 atom stereocenters. The zero-order valence-electron chi connectivity index (χ0n) is 12.9. The molecular weight excluding hydrogens is 361 g/mol. The number of hydrogen-bond acceptors (Lipinski definition) is 4. The summed E-state index contributed by atoms with van der Waals surface area (Å²) in [6, 6.07) is 11.3. The van der Waals surface area contributed by atoms with Gasteiger partial charge in [0.05, 0.1) is 10.6 Å². The summed E-state index contributed by atoms with van der Waals surface area (Å²) in [5.74, 6) is -0.190. The summed E-state index contributed by atoms with van der Waals surface area (Å²) in [5.41, 5.74) is 1.95. The van der Waals surface area contributed by atoms with E-state index in [1.807, 2.05) is 12.1 Å². The van der Waals surface area contributed by atoms with Crippen LogP contribution in [0.4, 0.5) is 10.1 Å². The van der Waals surface area contributed by atoms with Gasteiger partial charge < -0.3 is 5.32 Å². The zero-order chi connectivity index (χ0) is 17.6. The number of hydrogen-bond donors (Lipinski definition) is 1. The third-order valence-corrected chi connectivity index (χ3v) is 4.68. The third-order valence-electron chi connectivity index (χ3n) is 3.32. The van der Waals surface area contributed by atoms with E-state index in [1.54, 1.807) is 30.7 Å². The van der Waals surface area contributed by atoms with Crippen LogP contribution in [0, 0.1) is 5.82 Å². The lowest BCUT2D eigenvalue weighted by Gasteiger charge is -2.09. The molecule has 0 bridgehead atoms. The van der Waals surface area contributed by atoms with Gasteiger partial charge in [-0.2, -0.15) is 0 Å². The fourth-order valence-electron chi connectivity index (χ4n) is 2.08. The molecule has 0 unspecified atom stereocenters. The summed E-state index contributed by atoms with van der Waals surface area (Å²) in [5, 5.41) is 3.28. The van der Waals surface area contributed by atoms with Crippen LogP contribution in [0.25, 0.3) is 0 Å². The van der Waals surface area contributed by atoms with Crippen LogP contribution >= 0.6 is 23.4 Å². The largest absolute Gasteiger partial charge is 0.322 e. The second kappa shape index (κ2) is 8.09. The Labute approximate surface area is 153 Å². The molecule has 0 aliphatic rings. The fraction of sp³-hybridized carbons (Fsp3) is 0.0556. The lowest BCUT2D eigenvalue weighted by Crippen LogP contribution is -2.13. The maximum Gasteiger partial charge on any atom is 0.258 e. The van der Waals surface area contributed by atoms with E-state index >= 15 is 0 Å². The minimum Gasteiger partial charge on any atom is -0.322 e. The van der Waals surface area contributed by atoms with Crippen molar-refractivity contribution >= 4 is 35.0 Å². The topological polar surface area (TPSA) is 54.9 Å². The molecule has 25 heavy (non-hydrogen) atoms. The highest BCUT2D eigenvalue weighted by atomic mass is 35.5. The van der Waals surface area contributed by atoms with Gasteiger partial charge in [-0.3, -0.25) is 9.78 Å². The van der Waals surface area contributed by atoms with Crippen LogP contribution in [0.5, 0.6) is 0 Å². The van der Waals surface area contributed by atoms with Crippen LogP contribution < -0.4 is 5.32 Å². The molecule has 7 heteroatoms. The van der Waals surface area contributed by atoms with Crippen molar-refractivity contribution in [1.82, 2.24) is 9.97 Å². The Kier molecular flexibility index (Phi) is 5.63. The maximum atomic E-state index is 13.2. The van der Waals surface area contributed by atoms with Crippen LogP contribution in [0.15, 0.2) is 66.1 Å². The monoisotopic (exact) mass is 373 g/mol. The number of carbonyl (C=O) groups excluding carboxylic acids is 1. The first-order valence-corrected chi connectivity index (χ1v) is 8.73. The molecule has 1 N–H and O–H groups in total. The van der Waals surface area contributed by atoms with Crippen molar-refractivity contribution in [3.63, 3.8) is 0 Å². The second-order valence-electron chi connectivity index (χ2n) is 5.08. The molecule has 0 spiro atoms. The number of benzene rings is 1. The van der Waals surface area contributed by atoms with Gasteiger partial charge >= 0.3 is 0 Å². The Morgan fingerprint density at radius 2 is 1.96 bits per heavy atom. The van der Waals surface area contributed by atoms with Crippen molar-refractivity contribution in [2.75, 3.05) is 5.32 Å². The summed E-state index contributed by atoms with van der Waals surface area (Å²) in [4.78, 5) is 20.8. The first-order valence-electron chi connectivity index (χ1n) is 7.36. The predicted octanol–water partition coefficient (Wildman–Crippen LogP) is 4.81. The van der Waals surface area contributed by atoms with Gasteiger partial charge in [-0.1, -0.05) is 11.6 Å². The van der Waals surface area contributed by atoms with E-state index in [0.29, 0.717) is 22.0 Å². The van der Waals surface area contributed by atoms with Crippen LogP contribution in [0.3, 0.4) is 0 Å². The number of nitrogens with zero attached hydrogens (tertiary/aromatic N) is 2. The van der Waals surface area contributed by atoms with Gasteiger partial charge in [0.2, 0.25) is 0 Å². The quantitative estimate of drug-likeness (QED) is 0.652. The van der Waals surface area contributed by atoms with Gasteiger partial charge in [-0.25, -0.2) is 9.37 Å². The lowest BCUT2D eigenvalue weighted by atomic mass is 10.2. The number of halogens is 2. The van der Waals surface area contributed by atoms with Gasteiger partial charge in [0.25, 0.3) is 5.91 Å². The van der Waals surface area contributed by atoms with Crippen LogP contribution in [-0.4, -0.2) is 15.9 Å². The standard InChI is InChI=1S/C18H13ClFN3OS/c19-15-10-13(3-4-16(15)20)23-17(24)14-2-1-7-22-18(14)25-11-12-5-8-21-9-6-12/h1-10H,11H2,(H,23,24). The van der Waals surface area contributed by atoms with Crippen molar-refractivity contribution in [3.05, 3.63) is 83.0 Å². The van der Waals surface area contributed by atoms with Crippen molar-refractivity contribution in [2.24, 2.45) is 0 Å². The molecular formula is C18H13ClFN3OS. The summed E-state index contributed by atoms with van der Waals surface area (Å²) in [6.07, 6.45) is 5.08.